The molecular weight excluding hydrogens is 298 g/mol. The molecule has 0 bridgehead atoms. The van der Waals surface area contributed by atoms with Crippen LogP contribution in [0.3, 0.4) is 0 Å². The van der Waals surface area contributed by atoms with Crippen LogP contribution in [0.4, 0.5) is 5.82 Å². The van der Waals surface area contributed by atoms with Crippen LogP contribution < -0.4 is 5.32 Å². The average molecular weight is 319 g/mol. The Bertz CT molecular complexity index is 787. The average Bonchev–Trinajstić information content (AvgIpc) is 2.60. The smallest absolute Gasteiger partial charge is 0.180 e. The van der Waals surface area contributed by atoms with Crippen LogP contribution >= 0.6 is 0 Å². The second kappa shape index (κ2) is 7.17. The third kappa shape index (κ3) is 3.74. The molecule has 1 unspecified atom stereocenters. The first kappa shape index (κ1) is 16.1. The lowest BCUT2D eigenvalue weighted by Gasteiger charge is -2.23. The molecule has 0 spiro atoms. The van der Waals surface area contributed by atoms with E-state index in [4.69, 9.17) is 0 Å². The fourth-order valence-corrected chi connectivity index (χ4v) is 2.62. The summed E-state index contributed by atoms with van der Waals surface area (Å²) in [5.41, 5.74) is 2.87. The Morgan fingerprint density at radius 1 is 0.958 bits per heavy atom. The Hall–Kier alpha value is -2.82. The SMILES string of the molecule is Cc1cc(NC(c2ccncc2)C(C)C)nc(-c2ccccn2)n1. The molecule has 0 fully saturated rings. The molecule has 0 aliphatic rings. The summed E-state index contributed by atoms with van der Waals surface area (Å²) in [6.45, 7) is 6.34. The van der Waals surface area contributed by atoms with Gasteiger partial charge in [-0.2, -0.15) is 0 Å². The van der Waals surface area contributed by atoms with Gasteiger partial charge in [-0.15, -0.1) is 0 Å². The van der Waals surface area contributed by atoms with Crippen molar-refractivity contribution in [2.24, 2.45) is 5.92 Å². The summed E-state index contributed by atoms with van der Waals surface area (Å²) < 4.78 is 0. The Labute approximate surface area is 142 Å². The molecule has 0 amide bonds. The zero-order valence-corrected chi connectivity index (χ0v) is 14.1. The summed E-state index contributed by atoms with van der Waals surface area (Å²) in [7, 11) is 0. The topological polar surface area (TPSA) is 63.6 Å². The Kier molecular flexibility index (Phi) is 4.79. The maximum atomic E-state index is 4.65. The molecule has 3 heterocycles. The van der Waals surface area contributed by atoms with E-state index in [-0.39, 0.29) is 6.04 Å². The van der Waals surface area contributed by atoms with E-state index in [0.717, 1.165) is 17.2 Å². The molecule has 5 heteroatoms. The van der Waals surface area contributed by atoms with Crippen molar-refractivity contribution in [1.29, 1.82) is 0 Å². The second-order valence-corrected chi connectivity index (χ2v) is 6.08. The van der Waals surface area contributed by atoms with Crippen molar-refractivity contribution in [3.8, 4) is 11.5 Å². The quantitative estimate of drug-likeness (QED) is 0.768. The van der Waals surface area contributed by atoms with Gasteiger partial charge in [0.15, 0.2) is 5.82 Å². The van der Waals surface area contributed by atoms with Gasteiger partial charge in [0.1, 0.15) is 11.5 Å². The van der Waals surface area contributed by atoms with Gasteiger partial charge in [-0.25, -0.2) is 9.97 Å². The van der Waals surface area contributed by atoms with Gasteiger partial charge in [-0.3, -0.25) is 9.97 Å². The molecule has 0 saturated heterocycles. The van der Waals surface area contributed by atoms with Crippen molar-refractivity contribution in [1.82, 2.24) is 19.9 Å². The first-order chi connectivity index (χ1) is 11.6. The van der Waals surface area contributed by atoms with Crippen molar-refractivity contribution in [3.05, 3.63) is 66.2 Å². The van der Waals surface area contributed by atoms with E-state index >= 15 is 0 Å². The fourth-order valence-electron chi connectivity index (χ4n) is 2.62. The van der Waals surface area contributed by atoms with E-state index in [0.29, 0.717) is 11.7 Å². The number of anilines is 1. The number of aryl methyl sites for hydroxylation is 1. The summed E-state index contributed by atoms with van der Waals surface area (Å²) >= 11 is 0. The van der Waals surface area contributed by atoms with E-state index in [1.807, 2.05) is 55.7 Å². The summed E-state index contributed by atoms with van der Waals surface area (Å²) in [5.74, 6) is 1.84. The molecule has 0 saturated carbocycles. The highest BCUT2D eigenvalue weighted by molar-refractivity contribution is 5.53. The minimum absolute atomic E-state index is 0.152. The summed E-state index contributed by atoms with van der Waals surface area (Å²) in [4.78, 5) is 17.6. The van der Waals surface area contributed by atoms with Crippen molar-refractivity contribution in [2.45, 2.75) is 26.8 Å². The van der Waals surface area contributed by atoms with Crippen LogP contribution in [-0.2, 0) is 0 Å². The lowest BCUT2D eigenvalue weighted by molar-refractivity contribution is 0.544. The third-order valence-corrected chi connectivity index (χ3v) is 3.78. The van der Waals surface area contributed by atoms with E-state index in [9.17, 15) is 0 Å². The van der Waals surface area contributed by atoms with Crippen LogP contribution in [0, 0.1) is 12.8 Å². The second-order valence-electron chi connectivity index (χ2n) is 6.08. The van der Waals surface area contributed by atoms with Crippen LogP contribution in [-0.4, -0.2) is 19.9 Å². The minimum atomic E-state index is 0.152. The van der Waals surface area contributed by atoms with Crippen LogP contribution in [0.2, 0.25) is 0 Å². The van der Waals surface area contributed by atoms with Crippen molar-refractivity contribution in [3.63, 3.8) is 0 Å². The van der Waals surface area contributed by atoms with Gasteiger partial charge in [-0.1, -0.05) is 19.9 Å². The van der Waals surface area contributed by atoms with Gasteiger partial charge < -0.3 is 5.32 Å². The predicted molar refractivity (Wildman–Crippen MR) is 95.4 cm³/mol. The van der Waals surface area contributed by atoms with Crippen LogP contribution in [0.1, 0.15) is 31.1 Å². The summed E-state index contributed by atoms with van der Waals surface area (Å²) in [6.07, 6.45) is 5.38. The Morgan fingerprint density at radius 3 is 2.42 bits per heavy atom. The highest BCUT2D eigenvalue weighted by atomic mass is 15.1. The number of hydrogen-bond donors (Lipinski definition) is 1. The van der Waals surface area contributed by atoms with Gasteiger partial charge in [-0.05, 0) is 42.7 Å². The maximum Gasteiger partial charge on any atom is 0.180 e. The lowest BCUT2D eigenvalue weighted by Crippen LogP contribution is -2.18. The molecule has 3 aromatic heterocycles. The standard InChI is InChI=1S/C19H21N5/c1-13(2)18(15-7-10-20-11-8-15)23-17-12-14(3)22-19(24-17)16-6-4-5-9-21-16/h4-13,18H,1-3H3,(H,22,23,24). The van der Waals surface area contributed by atoms with Crippen molar-refractivity contribution >= 4 is 5.82 Å². The lowest BCUT2D eigenvalue weighted by atomic mass is 9.97. The van der Waals surface area contributed by atoms with E-state index in [1.54, 1.807) is 6.20 Å². The van der Waals surface area contributed by atoms with Gasteiger partial charge in [0.05, 0.1) is 6.04 Å². The monoisotopic (exact) mass is 319 g/mol. The molecular formula is C19H21N5. The molecule has 1 N–H and O–H groups in total. The molecule has 3 rings (SSSR count). The van der Waals surface area contributed by atoms with Crippen LogP contribution in [0.15, 0.2) is 55.0 Å². The van der Waals surface area contributed by atoms with E-state index < -0.39 is 0 Å². The largest absolute Gasteiger partial charge is 0.363 e. The maximum absolute atomic E-state index is 4.65. The van der Waals surface area contributed by atoms with Crippen LogP contribution in [0.25, 0.3) is 11.5 Å². The number of pyridine rings is 2. The summed E-state index contributed by atoms with van der Waals surface area (Å²) in [6, 6.07) is 11.9. The predicted octanol–water partition coefficient (Wildman–Crippen LogP) is 4.05. The highest BCUT2D eigenvalue weighted by Crippen LogP contribution is 2.26. The molecule has 0 aliphatic carbocycles. The molecule has 0 radical (unpaired) electrons. The minimum Gasteiger partial charge on any atom is -0.363 e. The number of nitrogens with one attached hydrogen (secondary N) is 1. The van der Waals surface area contributed by atoms with E-state index in [1.165, 1.54) is 5.56 Å². The molecule has 24 heavy (non-hydrogen) atoms. The zero-order valence-electron chi connectivity index (χ0n) is 14.1. The fraction of sp³-hybridized carbons (Fsp3) is 0.263. The first-order valence-corrected chi connectivity index (χ1v) is 8.07. The molecule has 122 valence electrons. The molecule has 0 aliphatic heterocycles. The molecule has 0 aromatic carbocycles. The summed E-state index contributed by atoms with van der Waals surface area (Å²) in [5, 5.41) is 3.54. The van der Waals surface area contributed by atoms with Crippen molar-refractivity contribution in [2.75, 3.05) is 5.32 Å². The molecule has 5 nitrogen and oxygen atoms in total. The molecule has 3 aromatic rings. The van der Waals surface area contributed by atoms with Gasteiger partial charge >= 0.3 is 0 Å². The van der Waals surface area contributed by atoms with E-state index in [2.05, 4.69) is 39.1 Å². The van der Waals surface area contributed by atoms with Gasteiger partial charge in [0.25, 0.3) is 0 Å². The molecule has 1 atom stereocenters. The number of rotatable bonds is 5. The number of hydrogen-bond acceptors (Lipinski definition) is 5. The Morgan fingerprint density at radius 2 is 1.75 bits per heavy atom. The Balaban J connectivity index is 1.93. The third-order valence-electron chi connectivity index (χ3n) is 3.78. The van der Waals surface area contributed by atoms with Gasteiger partial charge in [0.2, 0.25) is 0 Å². The van der Waals surface area contributed by atoms with Gasteiger partial charge in [0, 0.05) is 30.4 Å². The number of aromatic nitrogens is 4. The first-order valence-electron chi connectivity index (χ1n) is 8.07. The zero-order chi connectivity index (χ0) is 16.9. The van der Waals surface area contributed by atoms with Crippen LogP contribution in [0.5, 0.6) is 0 Å². The highest BCUT2D eigenvalue weighted by Gasteiger charge is 2.17. The van der Waals surface area contributed by atoms with Crippen molar-refractivity contribution < 1.29 is 0 Å². The normalized spacial score (nSPS) is 12.2. The number of nitrogens with zero attached hydrogens (tertiary/aromatic N) is 4.